The molecule has 0 bridgehead atoms. The number of hydrogen-bond acceptors (Lipinski definition) is 3. The minimum Gasteiger partial charge on any atom is -0.314 e. The SMILES string of the molecule is CC(C)(CN1CC(=O)NC1=O)c1cccs1. The Morgan fingerprint density at radius 3 is 2.75 bits per heavy atom. The van der Waals surface area contributed by atoms with E-state index in [0.29, 0.717) is 6.54 Å². The second kappa shape index (κ2) is 3.90. The Labute approximate surface area is 98.3 Å². The van der Waals surface area contributed by atoms with Crippen LogP contribution < -0.4 is 5.32 Å². The van der Waals surface area contributed by atoms with Crippen molar-refractivity contribution < 1.29 is 9.59 Å². The normalized spacial score (nSPS) is 16.8. The molecule has 1 saturated heterocycles. The van der Waals surface area contributed by atoms with Gasteiger partial charge in [0.05, 0.1) is 0 Å². The van der Waals surface area contributed by atoms with Gasteiger partial charge in [0.1, 0.15) is 6.54 Å². The van der Waals surface area contributed by atoms with Crippen molar-refractivity contribution in [2.45, 2.75) is 19.3 Å². The highest BCUT2D eigenvalue weighted by Crippen LogP contribution is 2.28. The van der Waals surface area contributed by atoms with Crippen molar-refractivity contribution >= 4 is 23.3 Å². The van der Waals surface area contributed by atoms with Crippen molar-refractivity contribution in [2.75, 3.05) is 13.1 Å². The van der Waals surface area contributed by atoms with Crippen LogP contribution in [0.15, 0.2) is 17.5 Å². The van der Waals surface area contributed by atoms with E-state index in [9.17, 15) is 9.59 Å². The molecular weight excluding hydrogens is 224 g/mol. The fourth-order valence-corrected chi connectivity index (χ4v) is 2.67. The Balaban J connectivity index is 2.10. The molecule has 0 aliphatic carbocycles. The number of carbonyl (C=O) groups is 2. The van der Waals surface area contributed by atoms with Gasteiger partial charge in [-0.05, 0) is 11.4 Å². The topological polar surface area (TPSA) is 49.4 Å². The van der Waals surface area contributed by atoms with Crippen LogP contribution in [0.2, 0.25) is 0 Å². The van der Waals surface area contributed by atoms with Crippen molar-refractivity contribution in [3.8, 4) is 0 Å². The molecule has 4 nitrogen and oxygen atoms in total. The zero-order valence-corrected chi connectivity index (χ0v) is 10.1. The van der Waals surface area contributed by atoms with Crippen molar-refractivity contribution in [1.82, 2.24) is 10.2 Å². The maximum absolute atomic E-state index is 11.4. The first-order valence-corrected chi connectivity index (χ1v) is 6.00. The third-order valence-corrected chi connectivity index (χ3v) is 3.88. The zero-order valence-electron chi connectivity index (χ0n) is 9.32. The average molecular weight is 238 g/mol. The number of imide groups is 1. The Hall–Kier alpha value is -1.36. The summed E-state index contributed by atoms with van der Waals surface area (Å²) in [5.41, 5.74) is -0.115. The quantitative estimate of drug-likeness (QED) is 0.813. The molecule has 1 aromatic rings. The summed E-state index contributed by atoms with van der Waals surface area (Å²) < 4.78 is 0. The molecule has 1 N–H and O–H groups in total. The zero-order chi connectivity index (χ0) is 11.8. The molecule has 1 aromatic heterocycles. The Morgan fingerprint density at radius 2 is 2.25 bits per heavy atom. The summed E-state index contributed by atoms with van der Waals surface area (Å²) in [6.45, 7) is 4.89. The summed E-state index contributed by atoms with van der Waals surface area (Å²) in [4.78, 5) is 25.3. The van der Waals surface area contributed by atoms with Gasteiger partial charge in [-0.2, -0.15) is 0 Å². The molecule has 5 heteroatoms. The standard InChI is InChI=1S/C11H14N2O2S/c1-11(2,8-4-3-5-16-8)7-13-6-9(14)12-10(13)15/h3-5H,6-7H2,1-2H3,(H,12,14,15). The lowest BCUT2D eigenvalue weighted by molar-refractivity contribution is -0.118. The third-order valence-electron chi connectivity index (χ3n) is 2.64. The van der Waals surface area contributed by atoms with Crippen LogP contribution in [0.25, 0.3) is 0 Å². The summed E-state index contributed by atoms with van der Waals surface area (Å²) in [6, 6.07) is 3.77. The molecule has 2 heterocycles. The lowest BCUT2D eigenvalue weighted by Gasteiger charge is -2.28. The van der Waals surface area contributed by atoms with E-state index in [4.69, 9.17) is 0 Å². The smallest absolute Gasteiger partial charge is 0.314 e. The minimum absolute atomic E-state index is 0.115. The van der Waals surface area contributed by atoms with Crippen LogP contribution in [0.3, 0.4) is 0 Å². The summed E-state index contributed by atoms with van der Waals surface area (Å²) in [5.74, 6) is -0.216. The molecule has 0 saturated carbocycles. The van der Waals surface area contributed by atoms with E-state index < -0.39 is 0 Å². The van der Waals surface area contributed by atoms with E-state index in [1.54, 1.807) is 16.2 Å². The second-order valence-electron chi connectivity index (χ2n) is 4.57. The Morgan fingerprint density at radius 1 is 1.50 bits per heavy atom. The number of amides is 3. The third kappa shape index (κ3) is 2.09. The van der Waals surface area contributed by atoms with Gasteiger partial charge in [0, 0.05) is 16.8 Å². The molecule has 0 aromatic carbocycles. The van der Waals surface area contributed by atoms with Gasteiger partial charge >= 0.3 is 6.03 Å². The molecular formula is C11H14N2O2S. The number of carbonyl (C=O) groups excluding carboxylic acids is 2. The van der Waals surface area contributed by atoms with Gasteiger partial charge in [-0.25, -0.2) is 4.79 Å². The first kappa shape index (κ1) is 11.1. The lowest BCUT2D eigenvalue weighted by atomic mass is 9.91. The Bertz CT molecular complexity index is 412. The monoisotopic (exact) mass is 238 g/mol. The number of urea groups is 1. The number of thiophene rings is 1. The molecule has 1 aliphatic heterocycles. The van der Waals surface area contributed by atoms with E-state index >= 15 is 0 Å². The number of hydrogen-bond donors (Lipinski definition) is 1. The molecule has 0 atom stereocenters. The van der Waals surface area contributed by atoms with Gasteiger partial charge in [-0.3, -0.25) is 10.1 Å². The van der Waals surface area contributed by atoms with Gasteiger partial charge in [0.25, 0.3) is 0 Å². The number of nitrogens with one attached hydrogen (secondary N) is 1. The summed E-state index contributed by atoms with van der Waals surface area (Å²) in [7, 11) is 0. The van der Waals surface area contributed by atoms with Crippen LogP contribution in [0.1, 0.15) is 18.7 Å². The number of rotatable bonds is 3. The van der Waals surface area contributed by atoms with E-state index in [2.05, 4.69) is 25.2 Å². The minimum atomic E-state index is -0.283. The molecule has 1 aliphatic rings. The van der Waals surface area contributed by atoms with E-state index in [1.165, 1.54) is 4.88 Å². The first-order chi connectivity index (χ1) is 7.49. The van der Waals surface area contributed by atoms with Gasteiger partial charge in [0.2, 0.25) is 5.91 Å². The molecule has 3 amide bonds. The van der Waals surface area contributed by atoms with E-state index in [-0.39, 0.29) is 23.9 Å². The average Bonchev–Trinajstić information content (AvgIpc) is 2.76. The highest BCUT2D eigenvalue weighted by atomic mass is 32.1. The molecule has 0 spiro atoms. The first-order valence-electron chi connectivity index (χ1n) is 5.12. The van der Waals surface area contributed by atoms with Gasteiger partial charge in [-0.1, -0.05) is 19.9 Å². The molecule has 0 unspecified atom stereocenters. The lowest BCUT2D eigenvalue weighted by Crippen LogP contribution is -2.38. The number of nitrogens with zero attached hydrogens (tertiary/aromatic N) is 1. The van der Waals surface area contributed by atoms with Gasteiger partial charge in [0.15, 0.2) is 0 Å². The Kier molecular flexibility index (Phi) is 2.71. The maximum atomic E-state index is 11.4. The second-order valence-corrected chi connectivity index (χ2v) is 5.52. The van der Waals surface area contributed by atoms with Crippen molar-refractivity contribution in [1.29, 1.82) is 0 Å². The summed E-state index contributed by atoms with van der Waals surface area (Å²) in [6.07, 6.45) is 0. The van der Waals surface area contributed by atoms with E-state index in [1.807, 2.05) is 11.4 Å². The van der Waals surface area contributed by atoms with E-state index in [0.717, 1.165) is 0 Å². The molecule has 0 radical (unpaired) electrons. The molecule has 2 rings (SSSR count). The molecule has 16 heavy (non-hydrogen) atoms. The fraction of sp³-hybridized carbons (Fsp3) is 0.455. The van der Waals surface area contributed by atoms with Crippen LogP contribution in [0.4, 0.5) is 4.79 Å². The summed E-state index contributed by atoms with van der Waals surface area (Å²) in [5, 5.41) is 4.31. The molecule has 1 fully saturated rings. The van der Waals surface area contributed by atoms with Crippen LogP contribution in [0, 0.1) is 0 Å². The predicted molar refractivity (Wildman–Crippen MR) is 62.5 cm³/mol. The van der Waals surface area contributed by atoms with Crippen LogP contribution >= 0.6 is 11.3 Å². The van der Waals surface area contributed by atoms with Gasteiger partial charge < -0.3 is 4.90 Å². The van der Waals surface area contributed by atoms with Crippen molar-refractivity contribution in [3.05, 3.63) is 22.4 Å². The largest absolute Gasteiger partial charge is 0.324 e. The highest BCUT2D eigenvalue weighted by molar-refractivity contribution is 7.10. The van der Waals surface area contributed by atoms with Crippen molar-refractivity contribution in [3.63, 3.8) is 0 Å². The highest BCUT2D eigenvalue weighted by Gasteiger charge is 2.33. The fourth-order valence-electron chi connectivity index (χ4n) is 1.83. The van der Waals surface area contributed by atoms with Crippen LogP contribution in [-0.4, -0.2) is 29.9 Å². The predicted octanol–water partition coefficient (Wildman–Crippen LogP) is 1.58. The molecule has 86 valence electrons. The summed E-state index contributed by atoms with van der Waals surface area (Å²) >= 11 is 1.67. The van der Waals surface area contributed by atoms with Crippen molar-refractivity contribution in [2.24, 2.45) is 0 Å². The van der Waals surface area contributed by atoms with Crippen LogP contribution in [0.5, 0.6) is 0 Å². The maximum Gasteiger partial charge on any atom is 0.324 e. The van der Waals surface area contributed by atoms with Crippen LogP contribution in [-0.2, 0) is 10.2 Å². The van der Waals surface area contributed by atoms with Gasteiger partial charge in [-0.15, -0.1) is 11.3 Å².